The third-order valence-corrected chi connectivity index (χ3v) is 2.49. The fourth-order valence-corrected chi connectivity index (χ4v) is 1.71. The van der Waals surface area contributed by atoms with Crippen molar-refractivity contribution in [1.82, 2.24) is 5.32 Å². The van der Waals surface area contributed by atoms with Crippen molar-refractivity contribution in [2.24, 2.45) is 0 Å². The molecule has 2 atom stereocenters. The SMILES string of the molecule is O=C1N[C@@H](Cc2ccccc2)[C@H](CO)O1. The van der Waals surface area contributed by atoms with Crippen molar-refractivity contribution in [2.75, 3.05) is 6.61 Å². The normalized spacial score (nSPS) is 24.7. The maximum absolute atomic E-state index is 11.0. The minimum atomic E-state index is -0.449. The molecule has 1 fully saturated rings. The summed E-state index contributed by atoms with van der Waals surface area (Å²) in [4.78, 5) is 11.0. The molecule has 1 heterocycles. The van der Waals surface area contributed by atoms with Gasteiger partial charge in [-0.25, -0.2) is 4.79 Å². The highest BCUT2D eigenvalue weighted by Crippen LogP contribution is 2.13. The topological polar surface area (TPSA) is 58.6 Å². The van der Waals surface area contributed by atoms with Crippen LogP contribution in [0.1, 0.15) is 5.56 Å². The van der Waals surface area contributed by atoms with E-state index in [9.17, 15) is 4.79 Å². The Kier molecular flexibility index (Phi) is 2.87. The molecule has 1 aliphatic heterocycles. The summed E-state index contributed by atoms with van der Waals surface area (Å²) in [5.41, 5.74) is 1.12. The highest BCUT2D eigenvalue weighted by atomic mass is 16.6. The molecule has 1 amide bonds. The monoisotopic (exact) mass is 207 g/mol. The number of aliphatic hydroxyl groups is 1. The van der Waals surface area contributed by atoms with Gasteiger partial charge in [0.25, 0.3) is 0 Å². The number of hydrogen-bond donors (Lipinski definition) is 2. The van der Waals surface area contributed by atoms with Gasteiger partial charge in [0, 0.05) is 0 Å². The van der Waals surface area contributed by atoms with Crippen LogP contribution >= 0.6 is 0 Å². The summed E-state index contributed by atoms with van der Waals surface area (Å²) in [7, 11) is 0. The molecule has 0 saturated carbocycles. The molecule has 0 unspecified atom stereocenters. The fourth-order valence-electron chi connectivity index (χ4n) is 1.71. The van der Waals surface area contributed by atoms with Crippen molar-refractivity contribution in [3.05, 3.63) is 35.9 Å². The van der Waals surface area contributed by atoms with Crippen LogP contribution in [0.4, 0.5) is 4.79 Å². The van der Waals surface area contributed by atoms with E-state index < -0.39 is 12.2 Å². The van der Waals surface area contributed by atoms with Crippen LogP contribution in [-0.4, -0.2) is 30.0 Å². The number of alkyl carbamates (subject to hydrolysis) is 1. The molecule has 4 nitrogen and oxygen atoms in total. The number of hydrogen-bond acceptors (Lipinski definition) is 3. The number of nitrogens with one attached hydrogen (secondary N) is 1. The van der Waals surface area contributed by atoms with Gasteiger partial charge in [-0.15, -0.1) is 0 Å². The van der Waals surface area contributed by atoms with Crippen molar-refractivity contribution >= 4 is 6.09 Å². The van der Waals surface area contributed by atoms with Crippen molar-refractivity contribution in [2.45, 2.75) is 18.6 Å². The van der Waals surface area contributed by atoms with Gasteiger partial charge in [0.05, 0.1) is 12.6 Å². The van der Waals surface area contributed by atoms with E-state index in [0.717, 1.165) is 5.56 Å². The minimum Gasteiger partial charge on any atom is -0.442 e. The molecular formula is C11H13NO3. The van der Waals surface area contributed by atoms with Crippen molar-refractivity contribution in [3.63, 3.8) is 0 Å². The number of aliphatic hydroxyl groups excluding tert-OH is 1. The van der Waals surface area contributed by atoms with E-state index in [2.05, 4.69) is 5.32 Å². The molecule has 2 rings (SSSR count). The second-order valence-corrected chi connectivity index (χ2v) is 3.57. The van der Waals surface area contributed by atoms with Gasteiger partial charge in [0.15, 0.2) is 0 Å². The van der Waals surface area contributed by atoms with Crippen molar-refractivity contribution < 1.29 is 14.6 Å². The van der Waals surface area contributed by atoms with Crippen molar-refractivity contribution in [1.29, 1.82) is 0 Å². The van der Waals surface area contributed by atoms with Crippen molar-refractivity contribution in [3.8, 4) is 0 Å². The Hall–Kier alpha value is -1.55. The van der Waals surface area contributed by atoms with E-state index in [0.29, 0.717) is 6.42 Å². The molecule has 0 aliphatic carbocycles. The molecule has 1 aromatic rings. The van der Waals surface area contributed by atoms with Gasteiger partial charge in [-0.3, -0.25) is 0 Å². The molecule has 80 valence electrons. The molecule has 0 radical (unpaired) electrons. The van der Waals surface area contributed by atoms with Gasteiger partial charge < -0.3 is 15.2 Å². The summed E-state index contributed by atoms with van der Waals surface area (Å²) < 4.78 is 4.90. The highest BCUT2D eigenvalue weighted by molar-refractivity contribution is 5.70. The number of rotatable bonds is 3. The average Bonchev–Trinajstić information content (AvgIpc) is 2.60. The Morgan fingerprint density at radius 1 is 1.33 bits per heavy atom. The molecule has 1 saturated heterocycles. The third-order valence-electron chi connectivity index (χ3n) is 2.49. The summed E-state index contributed by atoms with van der Waals surface area (Å²) in [5.74, 6) is 0. The van der Waals surface area contributed by atoms with Crippen LogP contribution in [0.5, 0.6) is 0 Å². The van der Waals surface area contributed by atoms with Crippen LogP contribution in [0.3, 0.4) is 0 Å². The second-order valence-electron chi connectivity index (χ2n) is 3.57. The van der Waals surface area contributed by atoms with E-state index in [1.807, 2.05) is 30.3 Å². The lowest BCUT2D eigenvalue weighted by Gasteiger charge is -2.14. The summed E-state index contributed by atoms with van der Waals surface area (Å²) in [6, 6.07) is 9.67. The van der Waals surface area contributed by atoms with Crippen LogP contribution in [0.25, 0.3) is 0 Å². The van der Waals surface area contributed by atoms with Gasteiger partial charge in [0.2, 0.25) is 0 Å². The average molecular weight is 207 g/mol. The van der Waals surface area contributed by atoms with E-state index in [1.165, 1.54) is 0 Å². The standard InChI is InChI=1S/C11H13NO3/c13-7-10-9(12-11(14)15-10)6-8-4-2-1-3-5-8/h1-5,9-10,13H,6-7H2,(H,12,14)/t9-,10-/m0/s1. The van der Waals surface area contributed by atoms with E-state index >= 15 is 0 Å². The molecule has 4 heteroatoms. The maximum atomic E-state index is 11.0. The Labute approximate surface area is 87.9 Å². The molecule has 15 heavy (non-hydrogen) atoms. The van der Waals surface area contributed by atoms with Gasteiger partial charge in [-0.2, -0.15) is 0 Å². The largest absolute Gasteiger partial charge is 0.442 e. The van der Waals surface area contributed by atoms with Crippen LogP contribution in [0, 0.1) is 0 Å². The number of carbonyl (C=O) groups is 1. The number of benzene rings is 1. The summed E-state index contributed by atoms with van der Waals surface area (Å²) in [6.45, 7) is -0.143. The van der Waals surface area contributed by atoms with Crippen LogP contribution in [0.2, 0.25) is 0 Å². The third kappa shape index (κ3) is 2.27. The van der Waals surface area contributed by atoms with Gasteiger partial charge in [-0.1, -0.05) is 30.3 Å². The molecule has 2 N–H and O–H groups in total. The molecule has 1 aliphatic rings. The predicted octanol–water partition coefficient (Wildman–Crippen LogP) is 0.698. The lowest BCUT2D eigenvalue weighted by molar-refractivity contribution is 0.0829. The number of amides is 1. The first-order valence-electron chi connectivity index (χ1n) is 4.91. The van der Waals surface area contributed by atoms with Gasteiger partial charge in [0.1, 0.15) is 6.10 Å². The second kappa shape index (κ2) is 4.31. The quantitative estimate of drug-likeness (QED) is 0.767. The summed E-state index contributed by atoms with van der Waals surface area (Å²) in [6.07, 6.45) is -0.203. The lowest BCUT2D eigenvalue weighted by atomic mass is 10.0. The lowest BCUT2D eigenvalue weighted by Crippen LogP contribution is -2.35. The zero-order valence-electron chi connectivity index (χ0n) is 8.22. The Morgan fingerprint density at radius 2 is 2.07 bits per heavy atom. The first-order chi connectivity index (χ1) is 7.29. The predicted molar refractivity (Wildman–Crippen MR) is 54.4 cm³/mol. The molecule has 1 aromatic carbocycles. The first kappa shape index (κ1) is 9.98. The molecule has 0 bridgehead atoms. The Bertz CT molecular complexity index is 339. The number of carbonyl (C=O) groups excluding carboxylic acids is 1. The molecule has 0 aromatic heterocycles. The number of cyclic esters (lactones) is 1. The summed E-state index contributed by atoms with van der Waals surface area (Å²) >= 11 is 0. The van der Waals surface area contributed by atoms with Gasteiger partial charge in [-0.05, 0) is 12.0 Å². The minimum absolute atomic E-state index is 0.134. The van der Waals surface area contributed by atoms with E-state index in [1.54, 1.807) is 0 Å². The van der Waals surface area contributed by atoms with E-state index in [4.69, 9.17) is 9.84 Å². The molecule has 0 spiro atoms. The Balaban J connectivity index is 2.03. The Morgan fingerprint density at radius 3 is 2.73 bits per heavy atom. The fraction of sp³-hybridized carbons (Fsp3) is 0.364. The van der Waals surface area contributed by atoms with Crippen LogP contribution < -0.4 is 5.32 Å². The van der Waals surface area contributed by atoms with E-state index in [-0.39, 0.29) is 12.6 Å². The maximum Gasteiger partial charge on any atom is 0.407 e. The molecular weight excluding hydrogens is 194 g/mol. The summed E-state index contributed by atoms with van der Waals surface area (Å²) in [5, 5.41) is 11.7. The highest BCUT2D eigenvalue weighted by Gasteiger charge is 2.33. The smallest absolute Gasteiger partial charge is 0.407 e. The van der Waals surface area contributed by atoms with Gasteiger partial charge >= 0.3 is 6.09 Å². The zero-order valence-corrected chi connectivity index (χ0v) is 8.22. The van der Waals surface area contributed by atoms with Crippen LogP contribution in [0.15, 0.2) is 30.3 Å². The zero-order chi connectivity index (χ0) is 10.7. The number of ether oxygens (including phenoxy) is 1. The first-order valence-corrected chi connectivity index (χ1v) is 4.91. The van der Waals surface area contributed by atoms with Crippen LogP contribution in [-0.2, 0) is 11.2 Å².